The number of anilines is 1. The number of carbonyl (C=O) groups excluding carboxylic acids is 1. The van der Waals surface area contributed by atoms with E-state index in [1.165, 1.54) is 19.2 Å². The third kappa shape index (κ3) is 8.03. The minimum atomic E-state index is -0.664. The summed E-state index contributed by atoms with van der Waals surface area (Å²) in [6.45, 7) is 0.868. The zero-order chi connectivity index (χ0) is 28.9. The highest BCUT2D eigenvalue weighted by atomic mass is 79.9. The van der Waals surface area contributed by atoms with Crippen LogP contribution >= 0.6 is 15.9 Å². The van der Waals surface area contributed by atoms with E-state index >= 15 is 0 Å². The fourth-order valence-corrected chi connectivity index (χ4v) is 3.93. The quantitative estimate of drug-likeness (QED) is 0.123. The maximum atomic E-state index is 12.8. The molecule has 1 amide bonds. The number of carbonyl (C=O) groups is 1. The van der Waals surface area contributed by atoms with Crippen molar-refractivity contribution in [2.45, 2.75) is 12.8 Å². The Bertz CT molecular complexity index is 1480. The van der Waals surface area contributed by atoms with Gasteiger partial charge >= 0.3 is 0 Å². The second kappa shape index (κ2) is 14.9. The van der Waals surface area contributed by atoms with Crippen molar-refractivity contribution in [2.24, 2.45) is 15.3 Å². The fraction of sp³-hybridized carbons (Fsp3) is 0.214. The summed E-state index contributed by atoms with van der Waals surface area (Å²) in [6.07, 6.45) is 0.566. The van der Waals surface area contributed by atoms with Gasteiger partial charge in [0.2, 0.25) is 5.84 Å². The number of nitrogens with one attached hydrogen (secondary N) is 1. The number of nitriles is 2. The van der Waals surface area contributed by atoms with Crippen LogP contribution in [0.3, 0.4) is 0 Å². The average Bonchev–Trinajstić information content (AvgIpc) is 2.98. The lowest BCUT2D eigenvalue weighted by Gasteiger charge is -2.23. The van der Waals surface area contributed by atoms with Gasteiger partial charge in [0.1, 0.15) is 17.2 Å². The topological polar surface area (TPSA) is 156 Å². The molecule has 0 aliphatic heterocycles. The molecular weight excluding hydrogens is 578 g/mol. The second-order valence-corrected chi connectivity index (χ2v) is 9.04. The Kier molecular flexibility index (Phi) is 11.0. The number of ether oxygens (including phenoxy) is 2. The van der Waals surface area contributed by atoms with Gasteiger partial charge in [-0.3, -0.25) is 4.79 Å². The van der Waals surface area contributed by atoms with Crippen molar-refractivity contribution >= 4 is 39.0 Å². The summed E-state index contributed by atoms with van der Waals surface area (Å²) in [5, 5.41) is 41.0. The largest absolute Gasteiger partial charge is 0.507 e. The maximum Gasteiger partial charge on any atom is 0.275 e. The van der Waals surface area contributed by atoms with E-state index in [1.54, 1.807) is 55.6 Å². The Balaban J connectivity index is 2.03. The number of aromatic hydroxyl groups is 1. The molecule has 3 rings (SSSR count). The molecule has 0 aliphatic carbocycles. The van der Waals surface area contributed by atoms with Crippen molar-refractivity contribution in [3.8, 4) is 29.4 Å². The number of rotatable bonds is 11. The molecule has 0 saturated carbocycles. The van der Waals surface area contributed by atoms with Crippen molar-refractivity contribution in [3.05, 3.63) is 76.3 Å². The zero-order valence-electron chi connectivity index (χ0n) is 21.8. The van der Waals surface area contributed by atoms with E-state index in [4.69, 9.17) is 20.0 Å². The molecule has 0 saturated heterocycles. The van der Waals surface area contributed by atoms with Crippen LogP contribution < -0.4 is 19.8 Å². The van der Waals surface area contributed by atoms with Crippen LogP contribution in [0, 0.1) is 22.7 Å². The first-order chi connectivity index (χ1) is 19.4. The van der Waals surface area contributed by atoms with Gasteiger partial charge in [-0.15, -0.1) is 15.3 Å². The van der Waals surface area contributed by atoms with Crippen LogP contribution in [0.2, 0.25) is 0 Å². The minimum Gasteiger partial charge on any atom is -0.507 e. The number of phenols is 1. The van der Waals surface area contributed by atoms with Crippen molar-refractivity contribution < 1.29 is 19.4 Å². The monoisotopic (exact) mass is 603 g/mol. The number of benzene rings is 3. The van der Waals surface area contributed by atoms with E-state index in [1.807, 2.05) is 4.90 Å². The standard InChI is InChI=1S/C28H26BrN7O4/c1-39-22-7-3-6-20(17-22)32-33-27(34-35-28(38)24-16-19(29)8-11-25(24)37)23-10-9-21(18-26(23)40-2)36(14-4-12-30)15-5-13-31/h3,6-11,16-18,37H,4-5,14-15H2,1-2H3,(H,35,38)/b33-32?,34-27-. The predicted molar refractivity (Wildman–Crippen MR) is 153 cm³/mol. The maximum absolute atomic E-state index is 12.8. The third-order valence-corrected chi connectivity index (χ3v) is 6.05. The third-order valence-electron chi connectivity index (χ3n) is 5.56. The van der Waals surface area contributed by atoms with Crippen molar-refractivity contribution in [1.29, 1.82) is 10.5 Å². The van der Waals surface area contributed by atoms with Gasteiger partial charge in [0.15, 0.2) is 0 Å². The molecule has 0 bridgehead atoms. The van der Waals surface area contributed by atoms with Crippen LogP contribution in [0.5, 0.6) is 17.2 Å². The first-order valence-corrected chi connectivity index (χ1v) is 12.8. The highest BCUT2D eigenvalue weighted by Crippen LogP contribution is 2.28. The summed E-state index contributed by atoms with van der Waals surface area (Å²) < 4.78 is 11.5. The zero-order valence-corrected chi connectivity index (χ0v) is 23.4. The summed E-state index contributed by atoms with van der Waals surface area (Å²) in [7, 11) is 3.02. The number of azo groups is 1. The first-order valence-electron chi connectivity index (χ1n) is 12.0. The van der Waals surface area contributed by atoms with Crippen molar-refractivity contribution in [3.63, 3.8) is 0 Å². The molecule has 3 aromatic rings. The van der Waals surface area contributed by atoms with Gasteiger partial charge in [-0.1, -0.05) is 22.0 Å². The number of methoxy groups -OCH3 is 2. The molecule has 0 aromatic heterocycles. The number of amides is 1. The molecule has 11 nitrogen and oxygen atoms in total. The van der Waals surface area contributed by atoms with Crippen LogP contribution in [-0.4, -0.2) is 44.2 Å². The molecule has 0 heterocycles. The molecule has 0 spiro atoms. The summed E-state index contributed by atoms with van der Waals surface area (Å²) in [5.41, 5.74) is 4.06. The molecule has 0 unspecified atom stereocenters. The summed E-state index contributed by atoms with van der Waals surface area (Å²) in [5.74, 6) is 0.106. The molecule has 0 fully saturated rings. The van der Waals surface area contributed by atoms with E-state index in [2.05, 4.69) is 48.8 Å². The average molecular weight is 604 g/mol. The highest BCUT2D eigenvalue weighted by molar-refractivity contribution is 9.10. The molecule has 0 atom stereocenters. The molecule has 2 N–H and O–H groups in total. The van der Waals surface area contributed by atoms with Crippen LogP contribution in [0.25, 0.3) is 0 Å². The number of hydrogen-bond donors (Lipinski definition) is 2. The lowest BCUT2D eigenvalue weighted by molar-refractivity contribution is 0.0952. The van der Waals surface area contributed by atoms with Crippen molar-refractivity contribution in [1.82, 2.24) is 5.43 Å². The smallest absolute Gasteiger partial charge is 0.275 e. The fourth-order valence-electron chi connectivity index (χ4n) is 3.57. The summed E-state index contributed by atoms with van der Waals surface area (Å²) in [6, 6.07) is 20.8. The van der Waals surface area contributed by atoms with Crippen molar-refractivity contribution in [2.75, 3.05) is 32.2 Å². The normalized spacial score (nSPS) is 11.0. The first kappa shape index (κ1) is 29.6. The molecule has 12 heteroatoms. The summed E-state index contributed by atoms with van der Waals surface area (Å²) >= 11 is 3.29. The number of hydrogen-bond acceptors (Lipinski definition) is 9. The number of hydrazone groups is 1. The SMILES string of the molecule is COc1cccc(N=N/C(=N\NC(=O)c2cc(Br)ccc2O)c2ccc(N(CCC#N)CCC#N)cc2OC)c1. The highest BCUT2D eigenvalue weighted by Gasteiger charge is 2.17. The van der Waals surface area contributed by atoms with E-state index < -0.39 is 5.91 Å². The minimum absolute atomic E-state index is 0.00940. The van der Waals surface area contributed by atoms with Crippen LogP contribution in [0.4, 0.5) is 11.4 Å². The number of nitrogens with zero attached hydrogens (tertiary/aromatic N) is 6. The predicted octanol–water partition coefficient (Wildman–Crippen LogP) is 5.68. The van der Waals surface area contributed by atoms with Crippen LogP contribution in [0.15, 0.2) is 80.5 Å². The Labute approximate surface area is 240 Å². The van der Waals surface area contributed by atoms with Gasteiger partial charge in [0.05, 0.1) is 56.0 Å². The molecule has 40 heavy (non-hydrogen) atoms. The molecule has 204 valence electrons. The van der Waals surface area contributed by atoms with Gasteiger partial charge in [0, 0.05) is 35.4 Å². The van der Waals surface area contributed by atoms with Gasteiger partial charge in [0.25, 0.3) is 5.91 Å². The lowest BCUT2D eigenvalue weighted by atomic mass is 10.1. The Morgan fingerprint density at radius 1 is 1.00 bits per heavy atom. The molecular formula is C28H26BrN7O4. The van der Waals surface area contributed by atoms with Crippen LogP contribution in [0.1, 0.15) is 28.8 Å². The summed E-state index contributed by atoms with van der Waals surface area (Å²) in [4.78, 5) is 14.7. The number of halogens is 1. The number of phenolic OH excluding ortho intramolecular Hbond substituents is 1. The van der Waals surface area contributed by atoms with Gasteiger partial charge in [-0.05, 0) is 42.5 Å². The lowest BCUT2D eigenvalue weighted by Crippen LogP contribution is -2.25. The second-order valence-electron chi connectivity index (χ2n) is 8.13. The molecule has 0 radical (unpaired) electrons. The van der Waals surface area contributed by atoms with Gasteiger partial charge in [-0.25, -0.2) is 5.43 Å². The Hall–Kier alpha value is -4.94. The van der Waals surface area contributed by atoms with Crippen LogP contribution in [-0.2, 0) is 0 Å². The Morgan fingerprint density at radius 3 is 2.42 bits per heavy atom. The van der Waals surface area contributed by atoms with E-state index in [-0.39, 0.29) is 30.0 Å². The van der Waals surface area contributed by atoms with Gasteiger partial charge in [-0.2, -0.15) is 10.5 Å². The van der Waals surface area contributed by atoms with E-state index in [0.717, 1.165) is 5.69 Å². The Morgan fingerprint density at radius 2 is 1.75 bits per heavy atom. The molecule has 0 aliphatic rings. The van der Waals surface area contributed by atoms with E-state index in [9.17, 15) is 9.90 Å². The molecule has 3 aromatic carbocycles. The van der Waals surface area contributed by atoms with E-state index in [0.29, 0.717) is 40.3 Å². The number of amidine groups is 1. The van der Waals surface area contributed by atoms with Gasteiger partial charge < -0.3 is 19.5 Å².